The van der Waals surface area contributed by atoms with E-state index >= 15 is 0 Å². The molecule has 2 rings (SSSR count). The number of nitrogens with zero attached hydrogens (tertiary/aromatic N) is 1. The molecular formula is C17H16N2O2S. The summed E-state index contributed by atoms with van der Waals surface area (Å²) in [5, 5.41) is 6.39. The van der Waals surface area contributed by atoms with Crippen LogP contribution in [0.4, 0.5) is 0 Å². The van der Waals surface area contributed by atoms with Crippen LogP contribution >= 0.6 is 11.3 Å². The number of hydrogen-bond donors (Lipinski definition) is 1. The van der Waals surface area contributed by atoms with Crippen LogP contribution in [0.2, 0.25) is 0 Å². The van der Waals surface area contributed by atoms with Crippen molar-refractivity contribution in [2.45, 2.75) is 0 Å². The van der Waals surface area contributed by atoms with E-state index in [0.717, 1.165) is 5.56 Å². The second kappa shape index (κ2) is 7.43. The second-order valence-electron chi connectivity index (χ2n) is 4.77. The van der Waals surface area contributed by atoms with Gasteiger partial charge < -0.3 is 10.2 Å². The Labute approximate surface area is 133 Å². The van der Waals surface area contributed by atoms with E-state index in [0.29, 0.717) is 11.1 Å². The number of nitrogens with one attached hydrogen (secondary N) is 1. The predicted molar refractivity (Wildman–Crippen MR) is 88.0 cm³/mol. The monoisotopic (exact) mass is 312 g/mol. The number of hydrogen-bond acceptors (Lipinski definition) is 3. The molecule has 0 aliphatic carbocycles. The van der Waals surface area contributed by atoms with Gasteiger partial charge in [0.25, 0.3) is 11.8 Å². The molecule has 112 valence electrons. The minimum atomic E-state index is -0.123. The summed E-state index contributed by atoms with van der Waals surface area (Å²) in [6.45, 7) is 0.285. The van der Waals surface area contributed by atoms with Crippen molar-refractivity contribution < 1.29 is 9.59 Å². The molecule has 1 heterocycles. The Balaban J connectivity index is 1.89. The highest BCUT2D eigenvalue weighted by molar-refractivity contribution is 7.08. The maximum Gasteiger partial charge on any atom is 0.253 e. The molecule has 0 aliphatic heterocycles. The van der Waals surface area contributed by atoms with Gasteiger partial charge in [-0.2, -0.15) is 11.3 Å². The smallest absolute Gasteiger partial charge is 0.253 e. The van der Waals surface area contributed by atoms with Gasteiger partial charge in [0.05, 0.1) is 12.1 Å². The highest BCUT2D eigenvalue weighted by atomic mass is 32.1. The van der Waals surface area contributed by atoms with Crippen LogP contribution in [0.5, 0.6) is 0 Å². The number of benzene rings is 1. The molecule has 0 atom stereocenters. The lowest BCUT2D eigenvalue weighted by molar-refractivity contribution is 0.0827. The average Bonchev–Trinajstić information content (AvgIpc) is 3.05. The van der Waals surface area contributed by atoms with Crippen molar-refractivity contribution >= 4 is 23.2 Å². The molecule has 2 amide bonds. The fourth-order valence-corrected chi connectivity index (χ4v) is 2.36. The first-order valence-electron chi connectivity index (χ1n) is 6.69. The van der Waals surface area contributed by atoms with Gasteiger partial charge >= 0.3 is 0 Å². The Hall–Kier alpha value is -2.58. The van der Waals surface area contributed by atoms with E-state index in [2.05, 4.69) is 17.2 Å². The van der Waals surface area contributed by atoms with E-state index in [9.17, 15) is 9.59 Å². The SMILES string of the molecule is CN(C)C(=O)c1ccc(C#CCNC(=O)c2ccsc2)cc1. The maximum atomic E-state index is 11.7. The Morgan fingerprint density at radius 3 is 2.45 bits per heavy atom. The molecule has 0 unspecified atom stereocenters. The summed E-state index contributed by atoms with van der Waals surface area (Å²) in [7, 11) is 3.43. The number of thiophene rings is 1. The topological polar surface area (TPSA) is 49.4 Å². The summed E-state index contributed by atoms with van der Waals surface area (Å²) in [5.74, 6) is 5.68. The number of carbonyl (C=O) groups excluding carboxylic acids is 2. The molecule has 0 fully saturated rings. The lowest BCUT2D eigenvalue weighted by Gasteiger charge is -2.09. The Bertz CT molecular complexity index is 707. The summed E-state index contributed by atoms with van der Waals surface area (Å²) in [6, 6.07) is 8.86. The molecule has 1 N–H and O–H groups in total. The van der Waals surface area contributed by atoms with E-state index in [1.165, 1.54) is 16.2 Å². The van der Waals surface area contributed by atoms with Gasteiger partial charge in [0, 0.05) is 30.6 Å². The second-order valence-corrected chi connectivity index (χ2v) is 5.55. The molecule has 0 radical (unpaired) electrons. The van der Waals surface area contributed by atoms with Crippen LogP contribution in [0.25, 0.3) is 0 Å². The Kier molecular flexibility index (Phi) is 5.34. The number of carbonyl (C=O) groups is 2. The molecular weight excluding hydrogens is 296 g/mol. The van der Waals surface area contributed by atoms with Crippen molar-refractivity contribution in [3.05, 3.63) is 57.8 Å². The van der Waals surface area contributed by atoms with E-state index in [4.69, 9.17) is 0 Å². The van der Waals surface area contributed by atoms with Crippen molar-refractivity contribution in [2.75, 3.05) is 20.6 Å². The van der Waals surface area contributed by atoms with Gasteiger partial charge in [-0.05, 0) is 35.7 Å². The van der Waals surface area contributed by atoms with Crippen molar-refractivity contribution in [1.29, 1.82) is 0 Å². The molecule has 0 saturated heterocycles. The molecule has 22 heavy (non-hydrogen) atoms. The molecule has 1 aromatic carbocycles. The van der Waals surface area contributed by atoms with Gasteiger partial charge in [-0.15, -0.1) is 0 Å². The summed E-state index contributed by atoms with van der Waals surface area (Å²) >= 11 is 1.48. The fourth-order valence-electron chi connectivity index (χ4n) is 1.72. The van der Waals surface area contributed by atoms with Crippen molar-refractivity contribution in [3.8, 4) is 11.8 Å². The van der Waals surface area contributed by atoms with E-state index < -0.39 is 0 Å². The Morgan fingerprint density at radius 2 is 1.86 bits per heavy atom. The van der Waals surface area contributed by atoms with Crippen molar-refractivity contribution in [2.24, 2.45) is 0 Å². The molecule has 0 aliphatic rings. The average molecular weight is 312 g/mol. The van der Waals surface area contributed by atoms with Gasteiger partial charge in [-0.1, -0.05) is 11.8 Å². The molecule has 0 saturated carbocycles. The third kappa shape index (κ3) is 4.21. The third-order valence-electron chi connectivity index (χ3n) is 2.89. The van der Waals surface area contributed by atoms with Gasteiger partial charge in [0.1, 0.15) is 0 Å². The predicted octanol–water partition coefficient (Wildman–Crippen LogP) is 2.23. The summed E-state index contributed by atoms with van der Waals surface area (Å²) in [6.07, 6.45) is 0. The molecule has 2 aromatic rings. The first-order chi connectivity index (χ1) is 10.6. The van der Waals surface area contributed by atoms with Crippen molar-refractivity contribution in [1.82, 2.24) is 10.2 Å². The van der Waals surface area contributed by atoms with Crippen LogP contribution in [-0.4, -0.2) is 37.4 Å². The van der Waals surface area contributed by atoms with E-state index in [1.54, 1.807) is 49.8 Å². The van der Waals surface area contributed by atoms with Crippen LogP contribution in [0.3, 0.4) is 0 Å². The number of amides is 2. The third-order valence-corrected chi connectivity index (χ3v) is 3.57. The van der Waals surface area contributed by atoms with Crippen molar-refractivity contribution in [3.63, 3.8) is 0 Å². The summed E-state index contributed by atoms with van der Waals surface area (Å²) in [5.41, 5.74) is 2.08. The lowest BCUT2D eigenvalue weighted by atomic mass is 10.1. The maximum absolute atomic E-state index is 11.7. The van der Waals surface area contributed by atoms with Gasteiger partial charge in [-0.3, -0.25) is 9.59 Å². The normalized spacial score (nSPS) is 9.55. The molecule has 5 heteroatoms. The first-order valence-corrected chi connectivity index (χ1v) is 7.63. The zero-order valence-corrected chi connectivity index (χ0v) is 13.2. The van der Waals surface area contributed by atoms with Crippen LogP contribution in [-0.2, 0) is 0 Å². The molecule has 0 spiro atoms. The standard InChI is InChI=1S/C17H16N2O2S/c1-19(2)17(21)14-7-5-13(6-8-14)4-3-10-18-16(20)15-9-11-22-12-15/h5-9,11-12H,10H2,1-2H3,(H,18,20). The van der Waals surface area contributed by atoms with Gasteiger partial charge in [-0.25, -0.2) is 0 Å². The molecule has 4 nitrogen and oxygen atoms in total. The largest absolute Gasteiger partial charge is 0.345 e. The van der Waals surface area contributed by atoms with Crippen LogP contribution in [0, 0.1) is 11.8 Å². The summed E-state index contributed by atoms with van der Waals surface area (Å²) < 4.78 is 0. The lowest BCUT2D eigenvalue weighted by Crippen LogP contribution is -2.22. The first kappa shape index (κ1) is 15.8. The highest BCUT2D eigenvalue weighted by Crippen LogP contribution is 2.06. The Morgan fingerprint density at radius 1 is 1.14 bits per heavy atom. The molecule has 0 bridgehead atoms. The fraction of sp³-hybridized carbons (Fsp3) is 0.176. The quantitative estimate of drug-likeness (QED) is 0.884. The van der Waals surface area contributed by atoms with Crippen LogP contribution < -0.4 is 5.32 Å². The number of rotatable bonds is 3. The van der Waals surface area contributed by atoms with E-state index in [1.807, 2.05) is 5.38 Å². The molecule has 1 aromatic heterocycles. The minimum Gasteiger partial charge on any atom is -0.345 e. The highest BCUT2D eigenvalue weighted by Gasteiger charge is 2.06. The van der Waals surface area contributed by atoms with Gasteiger partial charge in [0.2, 0.25) is 0 Å². The zero-order chi connectivity index (χ0) is 15.9. The van der Waals surface area contributed by atoms with Crippen LogP contribution in [0.15, 0.2) is 41.1 Å². The van der Waals surface area contributed by atoms with E-state index in [-0.39, 0.29) is 18.4 Å². The van der Waals surface area contributed by atoms with Crippen LogP contribution in [0.1, 0.15) is 26.3 Å². The van der Waals surface area contributed by atoms with Gasteiger partial charge in [0.15, 0.2) is 0 Å². The summed E-state index contributed by atoms with van der Waals surface area (Å²) in [4.78, 5) is 25.0. The zero-order valence-electron chi connectivity index (χ0n) is 12.4. The minimum absolute atomic E-state index is 0.0393.